The Bertz CT molecular complexity index is 457. The minimum Gasteiger partial charge on any atom is -0.406 e. The van der Waals surface area contributed by atoms with Gasteiger partial charge in [-0.3, -0.25) is 0 Å². The maximum atomic E-state index is 11.0. The molecule has 0 aliphatic heterocycles. The largest absolute Gasteiger partial charge is 0.406 e. The van der Waals surface area contributed by atoms with Crippen molar-refractivity contribution in [2.75, 3.05) is 37.5 Å². The first-order valence-corrected chi connectivity index (χ1v) is 7.29. The van der Waals surface area contributed by atoms with Crippen LogP contribution in [0.25, 0.3) is 0 Å². The van der Waals surface area contributed by atoms with Gasteiger partial charge in [0.2, 0.25) is 5.89 Å². The second kappa shape index (κ2) is 5.46. The second-order valence-corrected chi connectivity index (χ2v) is 6.24. The molecule has 7 nitrogen and oxygen atoms in total. The minimum atomic E-state index is -2.99. The molecule has 0 aromatic carbocycles. The third kappa shape index (κ3) is 4.31. The van der Waals surface area contributed by atoms with E-state index >= 15 is 0 Å². The SMILES string of the molecule is CNC(C)c1nnc(N(C)CCS(C)(=O)=O)o1. The number of sulfone groups is 1. The number of nitrogens with zero attached hydrogens (tertiary/aromatic N) is 3. The molecule has 0 aliphatic rings. The number of anilines is 1. The lowest BCUT2D eigenvalue weighted by Crippen LogP contribution is -2.25. The summed E-state index contributed by atoms with van der Waals surface area (Å²) in [6.07, 6.45) is 1.20. The molecule has 17 heavy (non-hydrogen) atoms. The Balaban J connectivity index is 2.64. The van der Waals surface area contributed by atoms with Crippen molar-refractivity contribution >= 4 is 15.9 Å². The van der Waals surface area contributed by atoms with E-state index in [4.69, 9.17) is 4.42 Å². The van der Waals surface area contributed by atoms with E-state index in [1.807, 2.05) is 6.92 Å². The normalized spacial score (nSPS) is 13.6. The topological polar surface area (TPSA) is 88.3 Å². The van der Waals surface area contributed by atoms with Gasteiger partial charge in [0.05, 0.1) is 11.8 Å². The first-order valence-electron chi connectivity index (χ1n) is 5.23. The molecule has 8 heteroatoms. The highest BCUT2D eigenvalue weighted by molar-refractivity contribution is 7.90. The Labute approximate surface area is 101 Å². The van der Waals surface area contributed by atoms with E-state index in [1.54, 1.807) is 19.0 Å². The van der Waals surface area contributed by atoms with Gasteiger partial charge in [0, 0.05) is 19.8 Å². The van der Waals surface area contributed by atoms with Crippen molar-refractivity contribution in [2.45, 2.75) is 13.0 Å². The van der Waals surface area contributed by atoms with E-state index in [0.29, 0.717) is 18.5 Å². The number of hydrogen-bond acceptors (Lipinski definition) is 7. The highest BCUT2D eigenvalue weighted by Crippen LogP contribution is 2.15. The monoisotopic (exact) mass is 262 g/mol. The molecule has 0 bridgehead atoms. The molecule has 0 spiro atoms. The molecule has 1 N–H and O–H groups in total. The van der Waals surface area contributed by atoms with Crippen LogP contribution in [0.3, 0.4) is 0 Å². The zero-order valence-electron chi connectivity index (χ0n) is 10.5. The van der Waals surface area contributed by atoms with Gasteiger partial charge in [-0.15, -0.1) is 5.10 Å². The average Bonchev–Trinajstić information content (AvgIpc) is 2.73. The Morgan fingerprint density at radius 2 is 2.12 bits per heavy atom. The van der Waals surface area contributed by atoms with Crippen LogP contribution in [-0.2, 0) is 9.84 Å². The lowest BCUT2D eigenvalue weighted by atomic mass is 10.3. The number of rotatable bonds is 6. The quantitative estimate of drug-likeness (QED) is 0.761. The first-order chi connectivity index (χ1) is 7.83. The molecule has 0 amide bonds. The summed E-state index contributed by atoms with van der Waals surface area (Å²) in [5.74, 6) is 0.539. The van der Waals surface area contributed by atoms with Crippen LogP contribution in [0.5, 0.6) is 0 Å². The summed E-state index contributed by atoms with van der Waals surface area (Å²) in [7, 11) is 0.523. The maximum Gasteiger partial charge on any atom is 0.317 e. The Morgan fingerprint density at radius 1 is 1.47 bits per heavy atom. The van der Waals surface area contributed by atoms with E-state index in [1.165, 1.54) is 6.26 Å². The molecule has 98 valence electrons. The Hall–Kier alpha value is -1.15. The summed E-state index contributed by atoms with van der Waals surface area (Å²) in [6, 6.07) is 0.297. The smallest absolute Gasteiger partial charge is 0.317 e. The zero-order chi connectivity index (χ0) is 13.1. The molecular formula is C9H18N4O3S. The second-order valence-electron chi connectivity index (χ2n) is 3.98. The van der Waals surface area contributed by atoms with E-state index in [0.717, 1.165) is 0 Å². The van der Waals surface area contributed by atoms with Gasteiger partial charge in [-0.2, -0.15) is 0 Å². The highest BCUT2D eigenvalue weighted by atomic mass is 32.2. The fourth-order valence-electron chi connectivity index (χ4n) is 1.08. The van der Waals surface area contributed by atoms with Crippen molar-refractivity contribution in [3.63, 3.8) is 0 Å². The molecule has 1 aromatic heterocycles. The number of hydrogen-bond donors (Lipinski definition) is 1. The lowest BCUT2D eigenvalue weighted by molar-refractivity contribution is 0.433. The third-order valence-electron chi connectivity index (χ3n) is 2.36. The van der Waals surface area contributed by atoms with Gasteiger partial charge in [0.15, 0.2) is 0 Å². The summed E-state index contributed by atoms with van der Waals surface area (Å²) in [4.78, 5) is 1.62. The Morgan fingerprint density at radius 3 is 2.65 bits per heavy atom. The summed E-state index contributed by atoms with van der Waals surface area (Å²) in [6.45, 7) is 2.22. The van der Waals surface area contributed by atoms with Crippen LogP contribution in [0.4, 0.5) is 6.01 Å². The molecule has 1 atom stereocenters. The van der Waals surface area contributed by atoms with Crippen LogP contribution in [0, 0.1) is 0 Å². The van der Waals surface area contributed by atoms with Crippen LogP contribution >= 0.6 is 0 Å². The molecule has 0 saturated carbocycles. The molecule has 0 aliphatic carbocycles. The van der Waals surface area contributed by atoms with E-state index < -0.39 is 9.84 Å². The van der Waals surface area contributed by atoms with Gasteiger partial charge in [-0.1, -0.05) is 5.10 Å². The molecule has 0 saturated heterocycles. The lowest BCUT2D eigenvalue weighted by Gasteiger charge is -2.12. The predicted molar refractivity (Wildman–Crippen MR) is 64.8 cm³/mol. The van der Waals surface area contributed by atoms with Crippen LogP contribution in [0.1, 0.15) is 18.9 Å². The third-order valence-corrected chi connectivity index (χ3v) is 3.28. The first kappa shape index (κ1) is 13.9. The van der Waals surface area contributed by atoms with Gasteiger partial charge in [-0.05, 0) is 14.0 Å². The van der Waals surface area contributed by atoms with Crippen LogP contribution < -0.4 is 10.2 Å². The molecule has 0 radical (unpaired) electrons. The summed E-state index contributed by atoms with van der Waals surface area (Å²) in [5.41, 5.74) is 0. The average molecular weight is 262 g/mol. The molecule has 1 rings (SSSR count). The van der Waals surface area contributed by atoms with E-state index in [9.17, 15) is 8.42 Å². The zero-order valence-corrected chi connectivity index (χ0v) is 11.3. The molecule has 1 heterocycles. The van der Waals surface area contributed by atoms with Gasteiger partial charge < -0.3 is 14.6 Å². The van der Waals surface area contributed by atoms with E-state index in [2.05, 4.69) is 15.5 Å². The van der Waals surface area contributed by atoms with Crippen molar-refractivity contribution in [2.24, 2.45) is 0 Å². The van der Waals surface area contributed by atoms with Gasteiger partial charge in [0.25, 0.3) is 0 Å². The molecule has 1 aromatic rings. The van der Waals surface area contributed by atoms with Crippen LogP contribution in [0.15, 0.2) is 4.42 Å². The minimum absolute atomic E-state index is 0.0282. The van der Waals surface area contributed by atoms with Gasteiger partial charge in [-0.25, -0.2) is 8.42 Å². The molecular weight excluding hydrogens is 244 g/mol. The maximum absolute atomic E-state index is 11.0. The van der Waals surface area contributed by atoms with Crippen molar-refractivity contribution in [3.05, 3.63) is 5.89 Å². The molecule has 1 unspecified atom stereocenters. The van der Waals surface area contributed by atoms with Crippen LogP contribution in [0.2, 0.25) is 0 Å². The van der Waals surface area contributed by atoms with Crippen molar-refractivity contribution < 1.29 is 12.8 Å². The van der Waals surface area contributed by atoms with Gasteiger partial charge in [0.1, 0.15) is 9.84 Å². The van der Waals surface area contributed by atoms with Gasteiger partial charge >= 0.3 is 6.01 Å². The standard InChI is InChI=1S/C9H18N4O3S/c1-7(10-2)8-11-12-9(16-8)13(3)5-6-17(4,14)15/h7,10H,5-6H2,1-4H3. The number of nitrogens with one attached hydrogen (secondary N) is 1. The highest BCUT2D eigenvalue weighted by Gasteiger charge is 2.15. The van der Waals surface area contributed by atoms with Crippen LogP contribution in [-0.4, -0.2) is 51.3 Å². The predicted octanol–water partition coefficient (Wildman–Crippen LogP) is -0.169. The van der Waals surface area contributed by atoms with E-state index in [-0.39, 0.29) is 11.8 Å². The van der Waals surface area contributed by atoms with Crippen molar-refractivity contribution in [3.8, 4) is 0 Å². The van der Waals surface area contributed by atoms with Crippen molar-refractivity contribution in [1.29, 1.82) is 0 Å². The molecule has 0 fully saturated rings. The summed E-state index contributed by atoms with van der Waals surface area (Å²) in [5, 5.41) is 10.7. The Kier molecular flexibility index (Phi) is 4.47. The fourth-order valence-corrected chi connectivity index (χ4v) is 1.68. The summed E-state index contributed by atoms with van der Waals surface area (Å²) >= 11 is 0. The number of aromatic nitrogens is 2. The fraction of sp³-hybridized carbons (Fsp3) is 0.778. The van der Waals surface area contributed by atoms with Crippen molar-refractivity contribution in [1.82, 2.24) is 15.5 Å². The summed E-state index contributed by atoms with van der Waals surface area (Å²) < 4.78 is 27.5.